The molecule has 2 rings (SSSR count). The van der Waals surface area contributed by atoms with Gasteiger partial charge in [-0.05, 0) is 43.0 Å². The van der Waals surface area contributed by atoms with Gasteiger partial charge >= 0.3 is 0 Å². The molecule has 1 aromatic carbocycles. The number of hydrogen-bond donors (Lipinski definition) is 1. The van der Waals surface area contributed by atoms with Gasteiger partial charge in [0.15, 0.2) is 11.6 Å². The fraction of sp³-hybridized carbons (Fsp3) is 0.294. The molecule has 7 heteroatoms. The van der Waals surface area contributed by atoms with Crippen molar-refractivity contribution in [1.82, 2.24) is 10.2 Å². The van der Waals surface area contributed by atoms with Crippen LogP contribution in [-0.4, -0.2) is 29.8 Å². The van der Waals surface area contributed by atoms with E-state index in [1.54, 1.807) is 38.4 Å². The van der Waals surface area contributed by atoms with E-state index >= 15 is 0 Å². The first-order valence-corrected chi connectivity index (χ1v) is 8.25. The number of hydrogen-bond acceptors (Lipinski definition) is 3. The lowest BCUT2D eigenvalue weighted by atomic mass is 10.1. The van der Waals surface area contributed by atoms with Gasteiger partial charge < -0.3 is 10.2 Å². The zero-order valence-electron chi connectivity index (χ0n) is 13.5. The Morgan fingerprint density at radius 1 is 1.17 bits per heavy atom. The normalized spacial score (nSPS) is 13.2. The van der Waals surface area contributed by atoms with Crippen molar-refractivity contribution in [1.29, 1.82) is 0 Å². The highest BCUT2D eigenvalue weighted by Crippen LogP contribution is 2.21. The average Bonchev–Trinajstić information content (AvgIpc) is 3.09. The molecular weight excluding hydrogens is 334 g/mol. The maximum absolute atomic E-state index is 13.4. The van der Waals surface area contributed by atoms with Gasteiger partial charge in [-0.1, -0.05) is 12.1 Å². The monoisotopic (exact) mass is 352 g/mol. The molecule has 0 bridgehead atoms. The van der Waals surface area contributed by atoms with E-state index in [2.05, 4.69) is 5.32 Å². The van der Waals surface area contributed by atoms with Crippen molar-refractivity contribution in [3.05, 3.63) is 57.8 Å². The Bertz CT molecular complexity index is 734. The first-order valence-electron chi connectivity index (χ1n) is 7.37. The molecule has 0 aliphatic rings. The van der Waals surface area contributed by atoms with E-state index in [1.165, 1.54) is 22.3 Å². The summed E-state index contributed by atoms with van der Waals surface area (Å²) in [7, 11) is 1.56. The third-order valence-corrected chi connectivity index (χ3v) is 4.69. The van der Waals surface area contributed by atoms with Gasteiger partial charge in [-0.3, -0.25) is 9.59 Å². The van der Waals surface area contributed by atoms with Gasteiger partial charge in [0.05, 0.1) is 10.9 Å². The third kappa shape index (κ3) is 3.97. The molecule has 2 amide bonds. The number of carbonyl (C=O) groups excluding carboxylic acids is 2. The molecular formula is C17H18F2N2O2S. The van der Waals surface area contributed by atoms with E-state index in [1.807, 2.05) is 0 Å². The van der Waals surface area contributed by atoms with Crippen LogP contribution in [-0.2, 0) is 4.79 Å². The van der Waals surface area contributed by atoms with Crippen molar-refractivity contribution in [2.45, 2.75) is 25.9 Å². The van der Waals surface area contributed by atoms with Crippen LogP contribution in [0.1, 0.15) is 35.1 Å². The van der Waals surface area contributed by atoms with Crippen LogP contribution in [0.25, 0.3) is 0 Å². The Morgan fingerprint density at radius 3 is 2.46 bits per heavy atom. The fourth-order valence-corrected chi connectivity index (χ4v) is 2.86. The molecule has 0 spiro atoms. The molecule has 4 nitrogen and oxygen atoms in total. The molecule has 2 unspecified atom stereocenters. The van der Waals surface area contributed by atoms with Gasteiger partial charge in [-0.25, -0.2) is 8.78 Å². The Morgan fingerprint density at radius 2 is 1.88 bits per heavy atom. The smallest absolute Gasteiger partial charge is 0.261 e. The minimum Gasteiger partial charge on any atom is -0.340 e. The highest BCUT2D eigenvalue weighted by molar-refractivity contribution is 7.12. The summed E-state index contributed by atoms with van der Waals surface area (Å²) < 4.78 is 26.4. The number of halogens is 2. The first kappa shape index (κ1) is 18.1. The van der Waals surface area contributed by atoms with Crippen molar-refractivity contribution < 1.29 is 18.4 Å². The second kappa shape index (κ2) is 7.53. The van der Waals surface area contributed by atoms with E-state index in [0.29, 0.717) is 10.4 Å². The number of amides is 2. The molecule has 0 aliphatic carbocycles. The summed E-state index contributed by atoms with van der Waals surface area (Å²) in [5.74, 6) is -2.53. The lowest BCUT2D eigenvalue weighted by molar-refractivity contribution is -0.133. The Hall–Kier alpha value is -2.28. The molecule has 1 aromatic heterocycles. The topological polar surface area (TPSA) is 49.4 Å². The Balaban J connectivity index is 2.04. The molecule has 0 fully saturated rings. The molecule has 128 valence electrons. The number of rotatable bonds is 5. The molecule has 0 aliphatic heterocycles. The molecule has 0 radical (unpaired) electrons. The average molecular weight is 352 g/mol. The molecule has 24 heavy (non-hydrogen) atoms. The summed E-state index contributed by atoms with van der Waals surface area (Å²) in [5.41, 5.74) is 0.474. The lowest BCUT2D eigenvalue weighted by Gasteiger charge is -2.28. The molecule has 0 saturated carbocycles. The van der Waals surface area contributed by atoms with Crippen LogP contribution in [0.5, 0.6) is 0 Å². The number of thiophene rings is 1. The highest BCUT2D eigenvalue weighted by Gasteiger charge is 2.24. The van der Waals surface area contributed by atoms with Crippen LogP contribution in [0.4, 0.5) is 8.78 Å². The molecule has 0 saturated heterocycles. The van der Waals surface area contributed by atoms with Crippen LogP contribution >= 0.6 is 11.3 Å². The second-order valence-electron chi connectivity index (χ2n) is 5.47. The SMILES string of the molecule is CC(NC(=O)c1cccs1)C(=O)N(C)C(C)c1ccc(F)c(F)c1. The predicted octanol–water partition coefficient (Wildman–Crippen LogP) is 3.36. The molecule has 2 atom stereocenters. The van der Waals surface area contributed by atoms with Crippen LogP contribution in [0.2, 0.25) is 0 Å². The number of carbonyl (C=O) groups is 2. The number of likely N-dealkylation sites (N-methyl/N-ethyl adjacent to an activating group) is 1. The van der Waals surface area contributed by atoms with Gasteiger partial charge in [-0.15, -0.1) is 11.3 Å². The summed E-state index contributed by atoms with van der Waals surface area (Å²) in [6.45, 7) is 3.29. The number of nitrogens with zero attached hydrogens (tertiary/aromatic N) is 1. The maximum Gasteiger partial charge on any atom is 0.261 e. The predicted molar refractivity (Wildman–Crippen MR) is 88.8 cm³/mol. The van der Waals surface area contributed by atoms with Crippen molar-refractivity contribution >= 4 is 23.2 Å². The van der Waals surface area contributed by atoms with Gasteiger partial charge in [0.2, 0.25) is 5.91 Å². The largest absolute Gasteiger partial charge is 0.340 e. The molecule has 2 aromatic rings. The van der Waals surface area contributed by atoms with Gasteiger partial charge in [0.1, 0.15) is 6.04 Å². The van der Waals surface area contributed by atoms with E-state index in [9.17, 15) is 18.4 Å². The number of nitrogens with one attached hydrogen (secondary N) is 1. The fourth-order valence-electron chi connectivity index (χ4n) is 2.23. The minimum absolute atomic E-state index is 0.320. The summed E-state index contributed by atoms with van der Waals surface area (Å²) in [6.07, 6.45) is 0. The Labute approximate surface area is 143 Å². The second-order valence-corrected chi connectivity index (χ2v) is 6.42. The quantitative estimate of drug-likeness (QED) is 0.897. The van der Waals surface area contributed by atoms with E-state index < -0.39 is 23.7 Å². The summed E-state index contributed by atoms with van der Waals surface area (Å²) in [5, 5.41) is 4.41. The van der Waals surface area contributed by atoms with Gasteiger partial charge in [-0.2, -0.15) is 0 Å². The zero-order chi connectivity index (χ0) is 17.9. The standard InChI is InChI=1S/C17H18F2N2O2S/c1-10(20-16(22)15-5-4-8-24-15)17(23)21(3)11(2)12-6-7-13(18)14(19)9-12/h4-11H,1-3H3,(H,20,22). The first-order chi connectivity index (χ1) is 11.3. The van der Waals surface area contributed by atoms with Crippen molar-refractivity contribution in [2.24, 2.45) is 0 Å². The molecule has 1 N–H and O–H groups in total. The maximum atomic E-state index is 13.4. The van der Waals surface area contributed by atoms with Crippen LogP contribution < -0.4 is 5.32 Å². The van der Waals surface area contributed by atoms with Crippen LogP contribution in [0.3, 0.4) is 0 Å². The summed E-state index contributed by atoms with van der Waals surface area (Å²) >= 11 is 1.29. The zero-order valence-corrected chi connectivity index (χ0v) is 14.4. The molecule has 1 heterocycles. The van der Waals surface area contributed by atoms with E-state index in [-0.39, 0.29) is 11.8 Å². The van der Waals surface area contributed by atoms with Crippen LogP contribution in [0.15, 0.2) is 35.7 Å². The van der Waals surface area contributed by atoms with E-state index in [4.69, 9.17) is 0 Å². The number of benzene rings is 1. The van der Waals surface area contributed by atoms with Crippen LogP contribution in [0, 0.1) is 11.6 Å². The minimum atomic E-state index is -0.959. The lowest BCUT2D eigenvalue weighted by Crippen LogP contribution is -2.46. The Kier molecular flexibility index (Phi) is 5.66. The van der Waals surface area contributed by atoms with Gasteiger partial charge in [0, 0.05) is 7.05 Å². The van der Waals surface area contributed by atoms with Crippen molar-refractivity contribution in [3.63, 3.8) is 0 Å². The highest BCUT2D eigenvalue weighted by atomic mass is 32.1. The van der Waals surface area contributed by atoms with Crippen molar-refractivity contribution in [3.8, 4) is 0 Å². The van der Waals surface area contributed by atoms with E-state index in [0.717, 1.165) is 12.1 Å². The third-order valence-electron chi connectivity index (χ3n) is 3.82. The summed E-state index contributed by atoms with van der Waals surface area (Å²) in [6, 6.07) is 5.75. The van der Waals surface area contributed by atoms with Crippen molar-refractivity contribution in [2.75, 3.05) is 7.05 Å². The van der Waals surface area contributed by atoms with Gasteiger partial charge in [0.25, 0.3) is 5.91 Å². The summed E-state index contributed by atoms with van der Waals surface area (Å²) in [4.78, 5) is 26.4.